The summed E-state index contributed by atoms with van der Waals surface area (Å²) in [4.78, 5) is 23.9. The van der Waals surface area contributed by atoms with E-state index in [1.54, 1.807) is 24.3 Å². The summed E-state index contributed by atoms with van der Waals surface area (Å²) in [6.07, 6.45) is 7.29. The molecular weight excluding hydrogens is 302 g/mol. The van der Waals surface area contributed by atoms with Crippen molar-refractivity contribution in [1.29, 1.82) is 0 Å². The molecule has 4 aliphatic carbocycles. The minimum absolute atomic E-state index is 0.0924. The number of ketones is 1. The van der Waals surface area contributed by atoms with Crippen LogP contribution in [0.3, 0.4) is 0 Å². The van der Waals surface area contributed by atoms with Crippen molar-refractivity contribution < 1.29 is 14.3 Å². The molecule has 24 heavy (non-hydrogen) atoms. The highest BCUT2D eigenvalue weighted by molar-refractivity contribution is 5.88. The van der Waals surface area contributed by atoms with Gasteiger partial charge in [0, 0.05) is 18.0 Å². The summed E-state index contributed by atoms with van der Waals surface area (Å²) in [6, 6.07) is 7.20. The molecule has 0 unspecified atom stereocenters. The third-order valence-corrected chi connectivity index (χ3v) is 6.17. The Balaban J connectivity index is 1.37. The van der Waals surface area contributed by atoms with Crippen LogP contribution >= 0.6 is 0 Å². The molecule has 0 heterocycles. The maximum Gasteiger partial charge on any atom is 0.221 e. The van der Waals surface area contributed by atoms with Crippen molar-refractivity contribution in [1.82, 2.24) is 0 Å². The summed E-state index contributed by atoms with van der Waals surface area (Å²) in [5.41, 5.74) is 0.646. The number of carbonyl (C=O) groups is 2. The van der Waals surface area contributed by atoms with E-state index in [2.05, 4.69) is 5.32 Å². The molecule has 0 aromatic heterocycles. The monoisotopic (exact) mass is 327 g/mol. The smallest absolute Gasteiger partial charge is 0.221 e. The van der Waals surface area contributed by atoms with Crippen LogP contribution < -0.4 is 10.1 Å². The van der Waals surface area contributed by atoms with E-state index in [0.29, 0.717) is 11.5 Å². The van der Waals surface area contributed by atoms with Gasteiger partial charge in [0.2, 0.25) is 5.91 Å². The van der Waals surface area contributed by atoms with Crippen molar-refractivity contribution in [3.63, 3.8) is 0 Å². The number of Topliss-reactive ketones (excluding diaryl/α,β-unsaturated/α-hetero) is 1. The molecule has 0 aliphatic heterocycles. The molecule has 4 aliphatic rings. The van der Waals surface area contributed by atoms with E-state index in [4.69, 9.17) is 4.74 Å². The first-order valence-electron chi connectivity index (χ1n) is 9.06. The molecule has 1 aromatic carbocycles. The fourth-order valence-corrected chi connectivity index (χ4v) is 5.59. The lowest BCUT2D eigenvalue weighted by Gasteiger charge is -2.55. The van der Waals surface area contributed by atoms with Crippen LogP contribution in [0.25, 0.3) is 0 Å². The highest BCUT2D eigenvalue weighted by Gasteiger charge is 2.54. The lowest BCUT2D eigenvalue weighted by Crippen LogP contribution is -2.51. The lowest BCUT2D eigenvalue weighted by molar-refractivity contribution is -0.146. The Labute approximate surface area is 143 Å². The van der Waals surface area contributed by atoms with E-state index in [0.717, 1.165) is 42.7 Å². The number of anilines is 1. The number of carbonyl (C=O) groups excluding carboxylic acids is 2. The van der Waals surface area contributed by atoms with Gasteiger partial charge >= 0.3 is 0 Å². The van der Waals surface area contributed by atoms with Gasteiger partial charge in [-0.15, -0.1) is 0 Å². The minimum Gasteiger partial charge on any atom is -0.486 e. The normalized spacial score (nSPS) is 33.3. The summed E-state index contributed by atoms with van der Waals surface area (Å²) >= 11 is 0. The molecule has 1 aromatic rings. The van der Waals surface area contributed by atoms with Crippen molar-refractivity contribution in [2.45, 2.75) is 45.4 Å². The van der Waals surface area contributed by atoms with E-state index < -0.39 is 0 Å². The van der Waals surface area contributed by atoms with E-state index in [9.17, 15) is 9.59 Å². The highest BCUT2D eigenvalue weighted by atomic mass is 16.5. The SMILES string of the molecule is CC(=O)Nc1ccc(OCC(=O)C23CC4CC(CC(C4)C2)C3)cc1. The molecule has 4 fully saturated rings. The molecule has 0 spiro atoms. The number of amides is 1. The summed E-state index contributed by atoms with van der Waals surface area (Å²) in [7, 11) is 0. The van der Waals surface area contributed by atoms with Crippen LogP contribution in [0.5, 0.6) is 5.75 Å². The van der Waals surface area contributed by atoms with Crippen LogP contribution in [0.2, 0.25) is 0 Å². The van der Waals surface area contributed by atoms with Crippen molar-refractivity contribution >= 4 is 17.4 Å². The van der Waals surface area contributed by atoms with Crippen LogP contribution in [-0.2, 0) is 9.59 Å². The van der Waals surface area contributed by atoms with Crippen molar-refractivity contribution in [3.05, 3.63) is 24.3 Å². The Hall–Kier alpha value is -1.84. The predicted molar refractivity (Wildman–Crippen MR) is 91.9 cm³/mol. The number of benzene rings is 1. The second kappa shape index (κ2) is 5.91. The first-order valence-corrected chi connectivity index (χ1v) is 9.06. The molecule has 4 nitrogen and oxygen atoms in total. The number of nitrogens with one attached hydrogen (secondary N) is 1. The van der Waals surface area contributed by atoms with Gasteiger partial charge in [0.1, 0.15) is 12.4 Å². The average Bonchev–Trinajstić information content (AvgIpc) is 2.52. The maximum absolute atomic E-state index is 12.9. The summed E-state index contributed by atoms with van der Waals surface area (Å²) in [5, 5.41) is 2.72. The molecule has 1 N–H and O–H groups in total. The molecule has 4 heteroatoms. The number of hydrogen-bond acceptors (Lipinski definition) is 3. The molecular formula is C20H25NO3. The molecule has 0 atom stereocenters. The minimum atomic E-state index is -0.0966. The topological polar surface area (TPSA) is 55.4 Å². The molecule has 5 rings (SSSR count). The zero-order chi connectivity index (χ0) is 16.7. The van der Waals surface area contributed by atoms with Gasteiger partial charge in [-0.3, -0.25) is 9.59 Å². The molecule has 1 amide bonds. The van der Waals surface area contributed by atoms with Gasteiger partial charge in [-0.1, -0.05) is 0 Å². The summed E-state index contributed by atoms with van der Waals surface area (Å²) in [5.74, 6) is 3.21. The van der Waals surface area contributed by atoms with Crippen molar-refractivity contribution in [2.24, 2.45) is 23.2 Å². The zero-order valence-electron chi connectivity index (χ0n) is 14.2. The largest absolute Gasteiger partial charge is 0.486 e. The van der Waals surface area contributed by atoms with Gasteiger partial charge in [0.05, 0.1) is 0 Å². The first-order chi connectivity index (χ1) is 11.5. The summed E-state index contributed by atoms with van der Waals surface area (Å²) in [6.45, 7) is 1.65. The van der Waals surface area contributed by atoms with E-state index in [1.807, 2.05) is 0 Å². The Morgan fingerprint density at radius 3 is 2.08 bits per heavy atom. The zero-order valence-corrected chi connectivity index (χ0v) is 14.2. The summed E-state index contributed by atoms with van der Waals surface area (Å²) < 4.78 is 5.76. The first kappa shape index (κ1) is 15.7. The van der Waals surface area contributed by atoms with Gasteiger partial charge in [-0.2, -0.15) is 0 Å². The Morgan fingerprint density at radius 2 is 1.58 bits per heavy atom. The fraction of sp³-hybridized carbons (Fsp3) is 0.600. The lowest BCUT2D eigenvalue weighted by atomic mass is 9.48. The number of hydrogen-bond donors (Lipinski definition) is 1. The third kappa shape index (κ3) is 2.94. The van der Waals surface area contributed by atoms with Crippen LogP contribution in [-0.4, -0.2) is 18.3 Å². The highest BCUT2D eigenvalue weighted by Crippen LogP contribution is 2.60. The Kier molecular flexibility index (Phi) is 3.86. The molecule has 0 saturated heterocycles. The molecule has 0 radical (unpaired) electrons. The standard InChI is InChI=1S/C20H25NO3/c1-13(22)21-17-2-4-18(5-3-17)24-12-19(23)20-9-14-6-15(10-20)8-16(7-14)11-20/h2-5,14-16H,6-12H2,1H3,(H,21,22). The number of ether oxygens (including phenoxy) is 1. The van der Waals surface area contributed by atoms with Gasteiger partial charge < -0.3 is 10.1 Å². The van der Waals surface area contributed by atoms with Crippen molar-refractivity contribution in [3.8, 4) is 5.75 Å². The fourth-order valence-electron chi connectivity index (χ4n) is 5.59. The van der Waals surface area contributed by atoms with E-state index in [1.165, 1.54) is 26.2 Å². The second-order valence-electron chi connectivity index (χ2n) is 8.12. The quantitative estimate of drug-likeness (QED) is 0.895. The maximum atomic E-state index is 12.9. The molecule has 4 saturated carbocycles. The van der Waals surface area contributed by atoms with E-state index in [-0.39, 0.29) is 17.9 Å². The predicted octanol–water partition coefficient (Wildman–Crippen LogP) is 3.81. The van der Waals surface area contributed by atoms with Gasteiger partial charge in [0.25, 0.3) is 0 Å². The van der Waals surface area contributed by atoms with Gasteiger partial charge in [-0.25, -0.2) is 0 Å². The van der Waals surface area contributed by atoms with Crippen molar-refractivity contribution in [2.75, 3.05) is 11.9 Å². The molecule has 4 bridgehead atoms. The molecule has 128 valence electrons. The third-order valence-electron chi connectivity index (χ3n) is 6.17. The average molecular weight is 327 g/mol. The van der Waals surface area contributed by atoms with Crippen LogP contribution in [0.4, 0.5) is 5.69 Å². The Bertz CT molecular complexity index is 614. The second-order valence-corrected chi connectivity index (χ2v) is 8.12. The van der Waals surface area contributed by atoms with Crippen LogP contribution in [0.15, 0.2) is 24.3 Å². The number of rotatable bonds is 5. The van der Waals surface area contributed by atoms with Crippen LogP contribution in [0.1, 0.15) is 45.4 Å². The van der Waals surface area contributed by atoms with Gasteiger partial charge in [0.15, 0.2) is 5.78 Å². The van der Waals surface area contributed by atoms with Crippen LogP contribution in [0, 0.1) is 23.2 Å². The van der Waals surface area contributed by atoms with E-state index >= 15 is 0 Å². The Morgan fingerprint density at radius 1 is 1.04 bits per heavy atom. The van der Waals surface area contributed by atoms with Gasteiger partial charge in [-0.05, 0) is 80.5 Å².